The topological polar surface area (TPSA) is 340 Å². The van der Waals surface area contributed by atoms with Gasteiger partial charge in [0, 0.05) is 12.1 Å². The Balaban J connectivity index is 1.95. The minimum Gasteiger partial charge on any atom is -0.480 e. The van der Waals surface area contributed by atoms with Crippen LogP contribution in [0.1, 0.15) is 30.0 Å². The molecule has 3 aromatic rings. The number of aliphatic carboxylic acids is 1. The summed E-state index contributed by atoms with van der Waals surface area (Å²) in [6.45, 7) is 1.09. The van der Waals surface area contributed by atoms with E-state index in [2.05, 4.69) is 25.0 Å². The van der Waals surface area contributed by atoms with Crippen LogP contribution in [0.15, 0.2) is 72.8 Å². The predicted octanol–water partition coefficient (Wildman–Crippen LogP) is -0.232. The first-order valence-corrected chi connectivity index (χ1v) is 18.4. The number of carbonyl (C=O) groups excluding carboxylic acids is 3. The zero-order valence-corrected chi connectivity index (χ0v) is 29.7. The zero-order chi connectivity index (χ0) is 39.6. The van der Waals surface area contributed by atoms with Gasteiger partial charge in [0.25, 0.3) is 0 Å². The average molecular weight is 784 g/mol. The summed E-state index contributed by atoms with van der Waals surface area (Å²) < 4.78 is 37.0. The van der Waals surface area contributed by atoms with Crippen molar-refractivity contribution in [3.8, 4) is 11.5 Å². The van der Waals surface area contributed by atoms with Crippen LogP contribution in [0.4, 0.5) is 5.69 Å². The van der Waals surface area contributed by atoms with Crippen molar-refractivity contribution in [3.63, 3.8) is 0 Å². The third-order valence-corrected chi connectivity index (χ3v) is 8.12. The van der Waals surface area contributed by atoms with E-state index in [0.717, 1.165) is 0 Å². The largest absolute Gasteiger partial charge is 0.524 e. The van der Waals surface area contributed by atoms with Crippen LogP contribution in [-0.2, 0) is 52.5 Å². The van der Waals surface area contributed by atoms with Gasteiger partial charge >= 0.3 is 21.6 Å². The second-order valence-electron chi connectivity index (χ2n) is 11.8. The number of anilines is 1. The number of rotatable bonds is 20. The Morgan fingerprint density at radius 1 is 0.830 bits per heavy atom. The molecule has 13 N–H and O–H groups in total. The van der Waals surface area contributed by atoms with E-state index >= 15 is 0 Å². The lowest BCUT2D eigenvalue weighted by atomic mass is 9.90. The summed E-state index contributed by atoms with van der Waals surface area (Å²) in [7, 11) is -9.78. The van der Waals surface area contributed by atoms with Gasteiger partial charge in [0.05, 0.1) is 19.1 Å². The molecule has 0 saturated heterocycles. The van der Waals surface area contributed by atoms with Crippen LogP contribution >= 0.6 is 15.6 Å². The van der Waals surface area contributed by atoms with Crippen molar-refractivity contribution in [3.05, 3.63) is 89.5 Å². The molecule has 0 bridgehead atoms. The molecule has 0 saturated carbocycles. The third-order valence-electron chi connectivity index (χ3n) is 7.22. The minimum atomic E-state index is -4.90. The zero-order valence-electron chi connectivity index (χ0n) is 27.9. The summed E-state index contributed by atoms with van der Waals surface area (Å²) in [5, 5.41) is 27.7. The Bertz CT molecular complexity index is 1850. The molecular weight excluding hydrogens is 744 g/mol. The van der Waals surface area contributed by atoms with E-state index in [9.17, 15) is 38.5 Å². The molecule has 0 radical (unpaired) electrons. The number of phosphoric ester groups is 2. The van der Waals surface area contributed by atoms with Crippen LogP contribution in [0.2, 0.25) is 0 Å². The Morgan fingerprint density at radius 3 is 1.87 bits per heavy atom. The van der Waals surface area contributed by atoms with Crippen molar-refractivity contribution >= 4 is 45.0 Å². The van der Waals surface area contributed by atoms with Gasteiger partial charge in [-0.2, -0.15) is 0 Å². The number of phosphoric acid groups is 2. The number of primary amides is 1. The lowest BCUT2D eigenvalue weighted by Crippen LogP contribution is -2.64. The molecule has 22 heteroatoms. The summed E-state index contributed by atoms with van der Waals surface area (Å²) in [5.74, 6) is -5.07. The molecule has 3 amide bonds. The van der Waals surface area contributed by atoms with Gasteiger partial charge in [0.2, 0.25) is 24.1 Å². The number of carboxylic acids is 1. The Morgan fingerprint density at radius 2 is 1.38 bits per heavy atom. The van der Waals surface area contributed by atoms with Gasteiger partial charge < -0.3 is 46.1 Å². The normalized spacial score (nSPS) is 14.5. The Hall–Kier alpha value is -4.88. The van der Waals surface area contributed by atoms with Crippen LogP contribution in [0.25, 0.3) is 0 Å². The smallest absolute Gasteiger partial charge is 0.480 e. The SMILES string of the molecule is C[C@@](Cc1ccc(OP(=O)(O)O)cc1)(NC(=O)[C@H](Cc1ccc(OP(=O)(O)O)cc1)N[C@@H](O)OCc1cccc(N)c1)C(=O)N[C@@H](CC(N)=O)C(=O)O. The molecule has 0 aliphatic heterocycles. The van der Waals surface area contributed by atoms with Crippen LogP contribution in [0.3, 0.4) is 0 Å². The van der Waals surface area contributed by atoms with Crippen LogP contribution in [0, 0.1) is 0 Å². The maximum absolute atomic E-state index is 14.0. The molecule has 3 rings (SSSR count). The first-order valence-electron chi connectivity index (χ1n) is 15.3. The van der Waals surface area contributed by atoms with Crippen molar-refractivity contribution in [2.75, 3.05) is 5.73 Å². The van der Waals surface area contributed by atoms with E-state index in [1.807, 2.05) is 0 Å². The van der Waals surface area contributed by atoms with E-state index < -0.39 is 69.8 Å². The van der Waals surface area contributed by atoms with E-state index in [1.54, 1.807) is 24.3 Å². The molecule has 0 heterocycles. The number of nitrogens with two attached hydrogens (primary N) is 2. The number of nitrogens with one attached hydrogen (secondary N) is 3. The fourth-order valence-corrected chi connectivity index (χ4v) is 5.63. The van der Waals surface area contributed by atoms with E-state index in [1.165, 1.54) is 55.5 Å². The summed E-state index contributed by atoms with van der Waals surface area (Å²) in [4.78, 5) is 87.6. The highest BCUT2D eigenvalue weighted by Crippen LogP contribution is 2.38. The molecule has 20 nitrogen and oxygen atoms in total. The van der Waals surface area contributed by atoms with Crippen molar-refractivity contribution in [1.82, 2.24) is 16.0 Å². The molecule has 4 atom stereocenters. The molecule has 0 spiro atoms. The number of carboxylic acid groups (broad SMARTS) is 1. The highest BCUT2D eigenvalue weighted by molar-refractivity contribution is 7.47. The van der Waals surface area contributed by atoms with E-state index in [4.69, 9.17) is 35.8 Å². The van der Waals surface area contributed by atoms with Crippen LogP contribution in [-0.4, -0.2) is 77.5 Å². The second-order valence-corrected chi connectivity index (χ2v) is 14.1. The number of ether oxygens (including phenoxy) is 1. The molecule has 0 unspecified atom stereocenters. The van der Waals surface area contributed by atoms with Gasteiger partial charge in [0.1, 0.15) is 23.1 Å². The Labute approximate surface area is 301 Å². The quantitative estimate of drug-likeness (QED) is 0.0400. The van der Waals surface area contributed by atoms with Gasteiger partial charge in [-0.1, -0.05) is 36.4 Å². The highest BCUT2D eigenvalue weighted by atomic mass is 31.2. The maximum Gasteiger partial charge on any atom is 0.524 e. The van der Waals surface area contributed by atoms with Crippen LogP contribution < -0.4 is 36.5 Å². The monoisotopic (exact) mass is 783 g/mol. The summed E-state index contributed by atoms with van der Waals surface area (Å²) >= 11 is 0. The van der Waals surface area contributed by atoms with Crippen molar-refractivity contribution in [1.29, 1.82) is 0 Å². The van der Waals surface area contributed by atoms with Crippen molar-refractivity contribution in [2.45, 2.75) is 56.8 Å². The van der Waals surface area contributed by atoms with Crippen LogP contribution in [0.5, 0.6) is 11.5 Å². The number of amides is 3. The molecule has 3 aromatic carbocycles. The standard InChI is InChI=1S/C31H39N5O15P2/c1-31(29(41)34-25(28(39)40)15-26(33)37,16-19-7-11-23(12-8-19)51-53(46,47)48)36-27(38)24(14-18-5-9-22(10-6-18)50-52(43,44)45)35-30(42)49-17-20-3-2-4-21(32)13-20/h2-13,24-25,30,35,42H,14-17,32H2,1H3,(H2,33,37)(H,34,41)(H,36,38)(H,39,40)(H2,43,44,45)(H2,46,47,48)/t24-,25-,30-,31-/m0/s1. The highest BCUT2D eigenvalue weighted by Gasteiger charge is 2.39. The Kier molecular flexibility index (Phi) is 14.6. The fourth-order valence-electron chi connectivity index (χ4n) is 4.84. The first-order chi connectivity index (χ1) is 24.6. The molecule has 0 aromatic heterocycles. The predicted molar refractivity (Wildman–Crippen MR) is 184 cm³/mol. The molecule has 0 aliphatic carbocycles. The lowest BCUT2D eigenvalue weighted by Gasteiger charge is -2.33. The molecule has 288 valence electrons. The maximum atomic E-state index is 14.0. The molecule has 53 heavy (non-hydrogen) atoms. The summed E-state index contributed by atoms with van der Waals surface area (Å²) in [6, 6.07) is 13.6. The number of benzene rings is 3. The van der Waals surface area contributed by atoms with E-state index in [-0.39, 0.29) is 30.9 Å². The number of aliphatic hydroxyl groups is 1. The minimum absolute atomic E-state index is 0.153. The average Bonchev–Trinajstić information content (AvgIpc) is 3.03. The molecule has 0 aliphatic rings. The summed E-state index contributed by atoms with van der Waals surface area (Å²) in [6.07, 6.45) is -3.17. The second kappa shape index (κ2) is 18.2. The number of hydrogen-bond donors (Lipinski definition) is 11. The van der Waals surface area contributed by atoms with Gasteiger partial charge in [-0.3, -0.25) is 39.3 Å². The summed E-state index contributed by atoms with van der Waals surface area (Å²) in [5.41, 5.74) is 10.6. The molecular formula is C31H39N5O15P2. The lowest BCUT2D eigenvalue weighted by molar-refractivity contribution is -0.148. The number of carbonyl (C=O) groups is 4. The van der Waals surface area contributed by atoms with Crippen molar-refractivity contribution in [2.24, 2.45) is 5.73 Å². The van der Waals surface area contributed by atoms with E-state index in [0.29, 0.717) is 22.4 Å². The third kappa shape index (κ3) is 14.9. The number of nitrogen functional groups attached to an aromatic ring is 1. The van der Waals surface area contributed by atoms with Gasteiger partial charge in [-0.05, 0) is 66.4 Å². The van der Waals surface area contributed by atoms with Gasteiger partial charge in [0.15, 0.2) is 0 Å². The number of hydrogen-bond acceptors (Lipinski definition) is 12. The van der Waals surface area contributed by atoms with Crippen molar-refractivity contribution < 1.29 is 71.9 Å². The van der Waals surface area contributed by atoms with Gasteiger partial charge in [-0.15, -0.1) is 0 Å². The number of aliphatic hydroxyl groups excluding tert-OH is 1. The fraction of sp³-hybridized carbons (Fsp3) is 0.290. The van der Waals surface area contributed by atoms with Gasteiger partial charge in [-0.25, -0.2) is 13.9 Å². The molecule has 0 fully saturated rings. The first kappa shape index (κ1) is 42.5.